The van der Waals surface area contributed by atoms with E-state index in [4.69, 9.17) is 4.74 Å². The van der Waals surface area contributed by atoms with Crippen molar-refractivity contribution in [3.63, 3.8) is 0 Å². The fraction of sp³-hybridized carbons (Fsp3) is 0.333. The maximum atomic E-state index is 12.2. The van der Waals surface area contributed by atoms with E-state index >= 15 is 0 Å². The second-order valence-corrected chi connectivity index (χ2v) is 6.45. The van der Waals surface area contributed by atoms with E-state index in [1.54, 1.807) is 24.3 Å². The maximum absolute atomic E-state index is 12.2. The van der Waals surface area contributed by atoms with Gasteiger partial charge < -0.3 is 15.4 Å². The van der Waals surface area contributed by atoms with Gasteiger partial charge in [0.15, 0.2) is 6.61 Å². The lowest BCUT2D eigenvalue weighted by molar-refractivity contribution is -0.118. The van der Waals surface area contributed by atoms with Crippen molar-refractivity contribution >= 4 is 17.5 Å². The standard InChI is InChI=1S/C21H26N2O3/c1-5-16(4)22-21(25)17-7-6-8-18(12-17)23-20(24)13-26-19-10-9-14(2)15(3)11-19/h6-12,16H,5,13H2,1-4H3,(H,22,25)(H,23,24). The molecule has 138 valence electrons. The van der Waals surface area contributed by atoms with E-state index in [0.29, 0.717) is 17.0 Å². The van der Waals surface area contributed by atoms with Crippen LogP contribution in [-0.4, -0.2) is 24.5 Å². The highest BCUT2D eigenvalue weighted by Gasteiger charge is 2.10. The number of hydrogen-bond donors (Lipinski definition) is 2. The average Bonchev–Trinajstić information content (AvgIpc) is 2.62. The highest BCUT2D eigenvalue weighted by Crippen LogP contribution is 2.16. The number of benzene rings is 2. The number of ether oxygens (including phenoxy) is 1. The summed E-state index contributed by atoms with van der Waals surface area (Å²) < 4.78 is 5.53. The molecular weight excluding hydrogens is 328 g/mol. The van der Waals surface area contributed by atoms with Gasteiger partial charge in [-0.25, -0.2) is 0 Å². The summed E-state index contributed by atoms with van der Waals surface area (Å²) in [7, 11) is 0. The molecule has 0 saturated carbocycles. The molecule has 2 aromatic carbocycles. The third kappa shape index (κ3) is 5.62. The third-order valence-corrected chi connectivity index (χ3v) is 4.25. The maximum Gasteiger partial charge on any atom is 0.262 e. The summed E-state index contributed by atoms with van der Waals surface area (Å²) in [6.45, 7) is 7.89. The SMILES string of the molecule is CCC(C)NC(=O)c1cccc(NC(=O)COc2ccc(C)c(C)c2)c1. The summed E-state index contributed by atoms with van der Waals surface area (Å²) >= 11 is 0. The quantitative estimate of drug-likeness (QED) is 0.794. The van der Waals surface area contributed by atoms with Crippen LogP contribution in [0.3, 0.4) is 0 Å². The first-order chi connectivity index (χ1) is 12.4. The molecule has 5 nitrogen and oxygen atoms in total. The molecular formula is C21H26N2O3. The molecule has 1 unspecified atom stereocenters. The molecule has 5 heteroatoms. The normalized spacial score (nSPS) is 11.5. The van der Waals surface area contributed by atoms with Crippen LogP contribution in [0.5, 0.6) is 5.75 Å². The molecule has 2 aromatic rings. The predicted molar refractivity (Wildman–Crippen MR) is 104 cm³/mol. The van der Waals surface area contributed by atoms with Gasteiger partial charge in [0, 0.05) is 17.3 Å². The Kier molecular flexibility index (Phi) is 6.78. The van der Waals surface area contributed by atoms with Crippen LogP contribution < -0.4 is 15.4 Å². The van der Waals surface area contributed by atoms with Crippen molar-refractivity contribution in [2.45, 2.75) is 40.2 Å². The van der Waals surface area contributed by atoms with Crippen molar-refractivity contribution < 1.29 is 14.3 Å². The van der Waals surface area contributed by atoms with E-state index in [1.807, 2.05) is 45.9 Å². The van der Waals surface area contributed by atoms with Crippen molar-refractivity contribution in [2.24, 2.45) is 0 Å². The van der Waals surface area contributed by atoms with Crippen molar-refractivity contribution in [1.29, 1.82) is 0 Å². The van der Waals surface area contributed by atoms with Gasteiger partial charge >= 0.3 is 0 Å². The minimum absolute atomic E-state index is 0.0915. The van der Waals surface area contributed by atoms with E-state index in [0.717, 1.165) is 12.0 Å². The van der Waals surface area contributed by atoms with Gasteiger partial charge in [-0.15, -0.1) is 0 Å². The summed E-state index contributed by atoms with van der Waals surface area (Å²) in [5, 5.41) is 5.66. The summed E-state index contributed by atoms with van der Waals surface area (Å²) in [4.78, 5) is 24.3. The third-order valence-electron chi connectivity index (χ3n) is 4.25. The highest BCUT2D eigenvalue weighted by atomic mass is 16.5. The lowest BCUT2D eigenvalue weighted by Crippen LogP contribution is -2.32. The monoisotopic (exact) mass is 354 g/mol. The first kappa shape index (κ1) is 19.5. The van der Waals surface area contributed by atoms with Crippen LogP contribution in [0.15, 0.2) is 42.5 Å². The first-order valence-electron chi connectivity index (χ1n) is 8.80. The summed E-state index contributed by atoms with van der Waals surface area (Å²) in [6, 6.07) is 12.7. The lowest BCUT2D eigenvalue weighted by Gasteiger charge is -2.12. The van der Waals surface area contributed by atoms with Crippen LogP contribution in [-0.2, 0) is 4.79 Å². The molecule has 0 aromatic heterocycles. The van der Waals surface area contributed by atoms with Crippen LogP contribution in [0.25, 0.3) is 0 Å². The molecule has 0 bridgehead atoms. The van der Waals surface area contributed by atoms with Crippen LogP contribution in [0.1, 0.15) is 41.8 Å². The Morgan fingerprint density at radius 3 is 2.54 bits per heavy atom. The Labute approximate surface area is 154 Å². The second kappa shape index (κ2) is 9.04. The molecule has 2 rings (SSSR count). The Hall–Kier alpha value is -2.82. The van der Waals surface area contributed by atoms with E-state index in [-0.39, 0.29) is 24.5 Å². The van der Waals surface area contributed by atoms with Crippen molar-refractivity contribution in [1.82, 2.24) is 5.32 Å². The molecule has 2 amide bonds. The molecule has 0 spiro atoms. The first-order valence-corrected chi connectivity index (χ1v) is 8.80. The van der Waals surface area contributed by atoms with Crippen LogP contribution >= 0.6 is 0 Å². The largest absolute Gasteiger partial charge is 0.484 e. The molecule has 0 heterocycles. The number of rotatable bonds is 7. The van der Waals surface area contributed by atoms with Gasteiger partial charge in [-0.05, 0) is 68.7 Å². The van der Waals surface area contributed by atoms with Gasteiger partial charge in [0.05, 0.1) is 0 Å². The molecule has 0 saturated heterocycles. The molecule has 26 heavy (non-hydrogen) atoms. The molecule has 1 atom stereocenters. The van der Waals surface area contributed by atoms with Crippen molar-refractivity contribution in [3.05, 3.63) is 59.2 Å². The van der Waals surface area contributed by atoms with Crippen LogP contribution in [0.2, 0.25) is 0 Å². The number of carbonyl (C=O) groups excluding carboxylic acids is 2. The lowest BCUT2D eigenvalue weighted by atomic mass is 10.1. The van der Waals surface area contributed by atoms with E-state index in [1.165, 1.54) is 5.56 Å². The zero-order valence-corrected chi connectivity index (χ0v) is 15.8. The van der Waals surface area contributed by atoms with E-state index in [2.05, 4.69) is 10.6 Å². The molecule has 0 aliphatic heterocycles. The van der Waals surface area contributed by atoms with Crippen molar-refractivity contribution in [3.8, 4) is 5.75 Å². The minimum atomic E-state index is -0.275. The Morgan fingerprint density at radius 1 is 1.08 bits per heavy atom. The summed E-state index contributed by atoms with van der Waals surface area (Å²) in [6.07, 6.45) is 0.859. The number of amides is 2. The number of carbonyl (C=O) groups is 2. The smallest absolute Gasteiger partial charge is 0.262 e. The molecule has 0 aliphatic carbocycles. The van der Waals surface area contributed by atoms with Gasteiger partial charge in [0.25, 0.3) is 11.8 Å². The number of hydrogen-bond acceptors (Lipinski definition) is 3. The highest BCUT2D eigenvalue weighted by molar-refractivity contribution is 5.97. The van der Waals surface area contributed by atoms with Gasteiger partial charge in [-0.2, -0.15) is 0 Å². The summed E-state index contributed by atoms with van der Waals surface area (Å²) in [5.74, 6) is 0.231. The van der Waals surface area contributed by atoms with Gasteiger partial charge in [0.1, 0.15) is 5.75 Å². The Balaban J connectivity index is 1.93. The molecule has 2 N–H and O–H groups in total. The molecule has 0 radical (unpaired) electrons. The number of aryl methyl sites for hydroxylation is 2. The van der Waals surface area contributed by atoms with Gasteiger partial charge in [0.2, 0.25) is 0 Å². The second-order valence-electron chi connectivity index (χ2n) is 6.45. The van der Waals surface area contributed by atoms with E-state index in [9.17, 15) is 9.59 Å². The summed E-state index contributed by atoms with van der Waals surface area (Å²) in [5.41, 5.74) is 3.37. The van der Waals surface area contributed by atoms with Crippen LogP contribution in [0, 0.1) is 13.8 Å². The zero-order chi connectivity index (χ0) is 19.1. The molecule has 0 fully saturated rings. The fourth-order valence-corrected chi connectivity index (χ4v) is 2.30. The van der Waals surface area contributed by atoms with Gasteiger partial charge in [-0.1, -0.05) is 19.1 Å². The average molecular weight is 354 g/mol. The fourth-order valence-electron chi connectivity index (χ4n) is 2.30. The van der Waals surface area contributed by atoms with Gasteiger partial charge in [-0.3, -0.25) is 9.59 Å². The minimum Gasteiger partial charge on any atom is -0.484 e. The predicted octanol–water partition coefficient (Wildman–Crippen LogP) is 3.85. The van der Waals surface area contributed by atoms with Crippen LogP contribution in [0.4, 0.5) is 5.69 Å². The van der Waals surface area contributed by atoms with E-state index < -0.39 is 0 Å². The molecule has 0 aliphatic rings. The van der Waals surface area contributed by atoms with Crippen molar-refractivity contribution in [2.75, 3.05) is 11.9 Å². The Bertz CT molecular complexity index is 787. The number of anilines is 1. The topological polar surface area (TPSA) is 67.4 Å². The Morgan fingerprint density at radius 2 is 1.85 bits per heavy atom. The zero-order valence-electron chi connectivity index (χ0n) is 15.8. The number of nitrogens with one attached hydrogen (secondary N) is 2.